The largest absolute Gasteiger partial charge is 0.381 e. The summed E-state index contributed by atoms with van der Waals surface area (Å²) in [6.07, 6.45) is 5.06. The SMILES string of the molecule is CC1CCCCC1Nc1ccc(Cl)cc1C#N. The van der Waals surface area contributed by atoms with E-state index in [0.717, 1.165) is 5.69 Å². The van der Waals surface area contributed by atoms with Crippen LogP contribution >= 0.6 is 11.6 Å². The second-order valence-corrected chi connectivity index (χ2v) is 5.25. The molecular formula is C14H17ClN2. The Morgan fingerprint density at radius 1 is 1.35 bits per heavy atom. The third-order valence-corrected chi connectivity index (χ3v) is 3.79. The molecule has 0 aromatic heterocycles. The third-order valence-electron chi connectivity index (χ3n) is 3.55. The molecule has 1 aromatic carbocycles. The van der Waals surface area contributed by atoms with Gasteiger partial charge in [0, 0.05) is 11.1 Å². The van der Waals surface area contributed by atoms with Crippen molar-refractivity contribution in [2.24, 2.45) is 5.92 Å². The van der Waals surface area contributed by atoms with Gasteiger partial charge in [-0.3, -0.25) is 0 Å². The predicted molar refractivity (Wildman–Crippen MR) is 71.2 cm³/mol. The monoisotopic (exact) mass is 248 g/mol. The molecule has 2 atom stereocenters. The van der Waals surface area contributed by atoms with Gasteiger partial charge in [-0.1, -0.05) is 31.4 Å². The average Bonchev–Trinajstić information content (AvgIpc) is 2.34. The van der Waals surface area contributed by atoms with E-state index in [1.54, 1.807) is 6.07 Å². The second-order valence-electron chi connectivity index (χ2n) is 4.81. The minimum atomic E-state index is 0.483. The highest BCUT2D eigenvalue weighted by molar-refractivity contribution is 6.30. The maximum absolute atomic E-state index is 9.09. The molecule has 1 fully saturated rings. The third kappa shape index (κ3) is 2.92. The van der Waals surface area contributed by atoms with E-state index in [1.807, 2.05) is 12.1 Å². The van der Waals surface area contributed by atoms with Gasteiger partial charge in [-0.05, 0) is 37.0 Å². The van der Waals surface area contributed by atoms with Gasteiger partial charge in [-0.2, -0.15) is 5.26 Å². The summed E-state index contributed by atoms with van der Waals surface area (Å²) in [7, 11) is 0. The highest BCUT2D eigenvalue weighted by atomic mass is 35.5. The Bertz CT molecular complexity index is 436. The lowest BCUT2D eigenvalue weighted by Gasteiger charge is -2.30. The molecule has 1 saturated carbocycles. The van der Waals surface area contributed by atoms with Crippen molar-refractivity contribution in [2.45, 2.75) is 38.6 Å². The molecule has 1 aliphatic carbocycles. The van der Waals surface area contributed by atoms with E-state index in [-0.39, 0.29) is 0 Å². The maximum atomic E-state index is 9.09. The van der Waals surface area contributed by atoms with Gasteiger partial charge in [0.05, 0.1) is 11.3 Å². The first-order valence-electron chi connectivity index (χ1n) is 6.17. The van der Waals surface area contributed by atoms with Crippen molar-refractivity contribution < 1.29 is 0 Å². The van der Waals surface area contributed by atoms with Gasteiger partial charge >= 0.3 is 0 Å². The molecule has 0 amide bonds. The van der Waals surface area contributed by atoms with E-state index in [4.69, 9.17) is 16.9 Å². The minimum absolute atomic E-state index is 0.483. The van der Waals surface area contributed by atoms with Gasteiger partial charge in [0.25, 0.3) is 0 Å². The van der Waals surface area contributed by atoms with E-state index in [9.17, 15) is 0 Å². The molecule has 0 aliphatic heterocycles. The van der Waals surface area contributed by atoms with Crippen LogP contribution in [0.2, 0.25) is 5.02 Å². The van der Waals surface area contributed by atoms with E-state index in [0.29, 0.717) is 22.5 Å². The minimum Gasteiger partial charge on any atom is -0.381 e. The van der Waals surface area contributed by atoms with Gasteiger partial charge < -0.3 is 5.32 Å². The molecule has 1 aromatic rings. The van der Waals surface area contributed by atoms with Crippen LogP contribution in [-0.2, 0) is 0 Å². The molecular weight excluding hydrogens is 232 g/mol. The molecule has 2 nitrogen and oxygen atoms in total. The van der Waals surface area contributed by atoms with E-state index < -0.39 is 0 Å². The van der Waals surface area contributed by atoms with Gasteiger partial charge in [-0.15, -0.1) is 0 Å². The Morgan fingerprint density at radius 3 is 2.82 bits per heavy atom. The molecule has 2 rings (SSSR count). The number of hydrogen-bond acceptors (Lipinski definition) is 2. The number of hydrogen-bond donors (Lipinski definition) is 1. The zero-order valence-electron chi connectivity index (χ0n) is 10.0. The van der Waals surface area contributed by atoms with Crippen LogP contribution in [0.15, 0.2) is 18.2 Å². The van der Waals surface area contributed by atoms with Gasteiger partial charge in [0.1, 0.15) is 6.07 Å². The maximum Gasteiger partial charge on any atom is 0.101 e. The lowest BCUT2D eigenvalue weighted by Crippen LogP contribution is -2.30. The number of nitrogens with one attached hydrogen (secondary N) is 1. The van der Waals surface area contributed by atoms with Crippen molar-refractivity contribution in [2.75, 3.05) is 5.32 Å². The molecule has 3 heteroatoms. The summed E-state index contributed by atoms with van der Waals surface area (Å²) in [5, 5.41) is 13.2. The summed E-state index contributed by atoms with van der Waals surface area (Å²) >= 11 is 5.89. The van der Waals surface area contributed by atoms with Crippen molar-refractivity contribution >= 4 is 17.3 Å². The smallest absolute Gasteiger partial charge is 0.101 e. The Balaban J connectivity index is 2.15. The Morgan fingerprint density at radius 2 is 2.12 bits per heavy atom. The molecule has 0 bridgehead atoms. The first-order valence-corrected chi connectivity index (χ1v) is 6.54. The van der Waals surface area contributed by atoms with Crippen LogP contribution in [0.3, 0.4) is 0 Å². The van der Waals surface area contributed by atoms with Crippen LogP contribution in [0.4, 0.5) is 5.69 Å². The van der Waals surface area contributed by atoms with E-state index >= 15 is 0 Å². The summed E-state index contributed by atoms with van der Waals surface area (Å²) in [5.41, 5.74) is 1.55. The molecule has 1 aliphatic rings. The number of benzene rings is 1. The van der Waals surface area contributed by atoms with E-state index in [1.165, 1.54) is 25.7 Å². The molecule has 1 N–H and O–H groups in total. The van der Waals surface area contributed by atoms with Crippen LogP contribution in [-0.4, -0.2) is 6.04 Å². The lowest BCUT2D eigenvalue weighted by atomic mass is 9.85. The van der Waals surface area contributed by atoms with E-state index in [2.05, 4.69) is 18.3 Å². The highest BCUT2D eigenvalue weighted by Gasteiger charge is 2.21. The predicted octanol–water partition coefficient (Wildman–Crippen LogP) is 4.20. The van der Waals surface area contributed by atoms with Crippen LogP contribution in [0.5, 0.6) is 0 Å². The molecule has 0 heterocycles. The molecule has 90 valence electrons. The van der Waals surface area contributed by atoms with Crippen molar-refractivity contribution in [3.8, 4) is 6.07 Å². The van der Waals surface area contributed by atoms with Crippen molar-refractivity contribution in [1.82, 2.24) is 0 Å². The zero-order chi connectivity index (χ0) is 12.3. The standard InChI is InChI=1S/C14H17ClN2/c1-10-4-2-3-5-13(10)17-14-7-6-12(15)8-11(14)9-16/h6-8,10,13,17H,2-5H2,1H3. The second kappa shape index (κ2) is 5.42. The van der Waals surface area contributed by atoms with Crippen molar-refractivity contribution in [3.05, 3.63) is 28.8 Å². The number of anilines is 1. The molecule has 0 radical (unpaired) electrons. The first-order chi connectivity index (χ1) is 8.20. The fraction of sp³-hybridized carbons (Fsp3) is 0.500. The lowest BCUT2D eigenvalue weighted by molar-refractivity contribution is 0.349. The average molecular weight is 249 g/mol. The Hall–Kier alpha value is -1.20. The Kier molecular flexibility index (Phi) is 3.91. The van der Waals surface area contributed by atoms with Crippen LogP contribution in [0.1, 0.15) is 38.2 Å². The number of halogens is 1. The molecule has 0 spiro atoms. The van der Waals surface area contributed by atoms with Gasteiger partial charge in [-0.25, -0.2) is 0 Å². The quantitative estimate of drug-likeness (QED) is 0.851. The Labute approximate surface area is 108 Å². The van der Waals surface area contributed by atoms with Crippen molar-refractivity contribution in [1.29, 1.82) is 5.26 Å². The summed E-state index contributed by atoms with van der Waals surface area (Å²) in [4.78, 5) is 0. The molecule has 0 saturated heterocycles. The van der Waals surface area contributed by atoms with Crippen LogP contribution in [0.25, 0.3) is 0 Å². The summed E-state index contributed by atoms with van der Waals surface area (Å²) in [6, 6.07) is 8.13. The van der Waals surface area contributed by atoms with Gasteiger partial charge in [0.2, 0.25) is 0 Å². The topological polar surface area (TPSA) is 35.8 Å². The highest BCUT2D eigenvalue weighted by Crippen LogP contribution is 2.28. The molecule has 2 unspecified atom stereocenters. The first kappa shape index (κ1) is 12.3. The number of nitrogens with zero attached hydrogens (tertiary/aromatic N) is 1. The molecule has 17 heavy (non-hydrogen) atoms. The normalized spacial score (nSPS) is 24.1. The summed E-state index contributed by atoms with van der Waals surface area (Å²) < 4.78 is 0. The fourth-order valence-electron chi connectivity index (χ4n) is 2.47. The van der Waals surface area contributed by atoms with Crippen LogP contribution in [0, 0.1) is 17.2 Å². The fourth-order valence-corrected chi connectivity index (χ4v) is 2.64. The van der Waals surface area contributed by atoms with Crippen molar-refractivity contribution in [3.63, 3.8) is 0 Å². The summed E-state index contributed by atoms with van der Waals surface area (Å²) in [6.45, 7) is 2.28. The number of rotatable bonds is 2. The number of nitriles is 1. The van der Waals surface area contributed by atoms with Crippen LogP contribution < -0.4 is 5.32 Å². The summed E-state index contributed by atoms with van der Waals surface area (Å²) in [5.74, 6) is 0.672. The zero-order valence-corrected chi connectivity index (χ0v) is 10.8. The van der Waals surface area contributed by atoms with Gasteiger partial charge in [0.15, 0.2) is 0 Å².